The molecule has 1 heterocycles. The topological polar surface area (TPSA) is 76.5 Å². The van der Waals surface area contributed by atoms with Crippen LogP contribution in [0, 0.1) is 5.82 Å². The van der Waals surface area contributed by atoms with Crippen LogP contribution >= 0.6 is 11.6 Å². The number of methoxy groups -OCH3 is 1. The molecule has 0 saturated heterocycles. The number of carbonyl (C=O) groups excluding carboxylic acids is 1. The average molecular weight is 310 g/mol. The maximum atomic E-state index is 14.0. The minimum atomic E-state index is -1.26. The Bertz CT molecular complexity index is 733. The summed E-state index contributed by atoms with van der Waals surface area (Å²) in [5.41, 5.74) is 0.171. The lowest BCUT2D eigenvalue weighted by atomic mass is 10.0. The monoisotopic (exact) mass is 309 g/mol. The lowest BCUT2D eigenvalue weighted by Gasteiger charge is -2.07. The van der Waals surface area contributed by atoms with Crippen LogP contribution in [-0.4, -0.2) is 29.1 Å². The Morgan fingerprint density at radius 3 is 2.62 bits per heavy atom. The number of carboxylic acids is 1. The van der Waals surface area contributed by atoms with E-state index in [1.54, 1.807) is 0 Å². The molecule has 0 atom stereocenters. The van der Waals surface area contributed by atoms with E-state index in [1.165, 1.54) is 31.5 Å². The van der Waals surface area contributed by atoms with Gasteiger partial charge in [0, 0.05) is 17.3 Å². The van der Waals surface area contributed by atoms with Gasteiger partial charge in [0.05, 0.1) is 18.2 Å². The molecule has 2 rings (SSSR count). The van der Waals surface area contributed by atoms with Gasteiger partial charge in [-0.05, 0) is 18.2 Å². The molecule has 0 aliphatic rings. The predicted octanol–water partition coefficient (Wildman–Crippen LogP) is 3.03. The highest BCUT2D eigenvalue weighted by Gasteiger charge is 2.15. The van der Waals surface area contributed by atoms with E-state index in [-0.39, 0.29) is 27.4 Å². The van der Waals surface area contributed by atoms with E-state index in [0.29, 0.717) is 0 Å². The summed E-state index contributed by atoms with van der Waals surface area (Å²) in [5, 5.41) is 8.79. The summed E-state index contributed by atoms with van der Waals surface area (Å²) < 4.78 is 18.5. The number of pyridine rings is 1. The third-order valence-corrected chi connectivity index (χ3v) is 3.07. The second kappa shape index (κ2) is 5.88. The number of esters is 1. The molecule has 0 radical (unpaired) electrons. The molecule has 0 unspecified atom stereocenters. The number of aromatic carboxylic acids is 1. The zero-order chi connectivity index (χ0) is 15.6. The van der Waals surface area contributed by atoms with E-state index in [0.717, 1.165) is 6.07 Å². The van der Waals surface area contributed by atoms with Gasteiger partial charge in [0.2, 0.25) is 0 Å². The van der Waals surface area contributed by atoms with Gasteiger partial charge in [-0.15, -0.1) is 0 Å². The molecule has 108 valence electrons. The molecule has 1 aromatic heterocycles. The van der Waals surface area contributed by atoms with Crippen molar-refractivity contribution in [1.29, 1.82) is 0 Å². The quantitative estimate of drug-likeness (QED) is 0.696. The van der Waals surface area contributed by atoms with Gasteiger partial charge in [-0.1, -0.05) is 17.7 Å². The Morgan fingerprint density at radius 1 is 1.33 bits per heavy atom. The lowest BCUT2D eigenvalue weighted by Crippen LogP contribution is -2.03. The van der Waals surface area contributed by atoms with Gasteiger partial charge in [-0.25, -0.2) is 19.0 Å². The minimum Gasteiger partial charge on any atom is -0.478 e. The summed E-state index contributed by atoms with van der Waals surface area (Å²) in [6.07, 6.45) is 1.25. The van der Waals surface area contributed by atoms with Crippen molar-refractivity contribution in [2.24, 2.45) is 0 Å². The number of hydrogen-bond acceptors (Lipinski definition) is 4. The standard InChI is InChI=1S/C14H9ClFNO4/c1-21-14(20)7-2-3-9(11(16)5-7)8-4-10(13(18)19)12(15)17-6-8/h2-6H,1H3,(H,18,19). The maximum Gasteiger partial charge on any atom is 0.338 e. The number of aromatic nitrogens is 1. The van der Waals surface area contributed by atoms with Gasteiger partial charge in [-0.3, -0.25) is 0 Å². The van der Waals surface area contributed by atoms with Crippen molar-refractivity contribution >= 4 is 23.5 Å². The summed E-state index contributed by atoms with van der Waals surface area (Å²) in [6, 6.07) is 4.95. The number of carbonyl (C=O) groups is 2. The minimum absolute atomic E-state index is 0.0548. The molecule has 0 amide bonds. The first-order chi connectivity index (χ1) is 9.93. The molecule has 2 aromatic rings. The van der Waals surface area contributed by atoms with Crippen LogP contribution < -0.4 is 0 Å². The smallest absolute Gasteiger partial charge is 0.338 e. The molecule has 0 saturated carbocycles. The maximum absolute atomic E-state index is 14.0. The number of nitrogens with zero attached hydrogens (tertiary/aromatic N) is 1. The first-order valence-corrected chi connectivity index (χ1v) is 6.09. The first kappa shape index (κ1) is 14.9. The van der Waals surface area contributed by atoms with Crippen LogP contribution in [0.25, 0.3) is 11.1 Å². The average Bonchev–Trinajstić information content (AvgIpc) is 2.46. The van der Waals surface area contributed by atoms with Crippen molar-refractivity contribution in [3.05, 3.63) is 52.6 Å². The number of benzene rings is 1. The number of ether oxygens (including phenoxy) is 1. The van der Waals surface area contributed by atoms with Crippen LogP contribution in [0.5, 0.6) is 0 Å². The summed E-state index contributed by atoms with van der Waals surface area (Å²) in [7, 11) is 1.19. The molecular formula is C14H9ClFNO4. The third kappa shape index (κ3) is 3.00. The van der Waals surface area contributed by atoms with E-state index < -0.39 is 17.8 Å². The highest BCUT2D eigenvalue weighted by Crippen LogP contribution is 2.26. The number of halogens is 2. The fourth-order valence-electron chi connectivity index (χ4n) is 1.74. The first-order valence-electron chi connectivity index (χ1n) is 5.71. The van der Waals surface area contributed by atoms with Crippen LogP contribution in [0.1, 0.15) is 20.7 Å². The fraction of sp³-hybridized carbons (Fsp3) is 0.0714. The largest absolute Gasteiger partial charge is 0.478 e. The Balaban J connectivity index is 2.50. The molecule has 1 N–H and O–H groups in total. The molecular weight excluding hydrogens is 301 g/mol. The number of rotatable bonds is 3. The predicted molar refractivity (Wildman–Crippen MR) is 72.9 cm³/mol. The second-order valence-electron chi connectivity index (χ2n) is 4.05. The van der Waals surface area contributed by atoms with Crippen LogP contribution in [0.2, 0.25) is 5.15 Å². The summed E-state index contributed by atoms with van der Waals surface area (Å²) in [5.74, 6) is -2.62. The van der Waals surface area contributed by atoms with Crippen LogP contribution in [0.15, 0.2) is 30.5 Å². The molecule has 0 aliphatic carbocycles. The Labute approximate surface area is 124 Å². The zero-order valence-corrected chi connectivity index (χ0v) is 11.5. The van der Waals surface area contributed by atoms with Crippen molar-refractivity contribution in [2.75, 3.05) is 7.11 Å². The Hall–Kier alpha value is -2.47. The van der Waals surface area contributed by atoms with Crippen LogP contribution in [0.4, 0.5) is 4.39 Å². The number of carboxylic acid groups (broad SMARTS) is 1. The van der Waals surface area contributed by atoms with E-state index >= 15 is 0 Å². The summed E-state index contributed by atoms with van der Waals surface area (Å²) in [6.45, 7) is 0. The normalized spacial score (nSPS) is 10.2. The Morgan fingerprint density at radius 2 is 2.05 bits per heavy atom. The van der Waals surface area contributed by atoms with Crippen molar-refractivity contribution < 1.29 is 23.8 Å². The molecule has 0 fully saturated rings. The van der Waals surface area contributed by atoms with Gasteiger partial charge < -0.3 is 9.84 Å². The zero-order valence-electron chi connectivity index (χ0n) is 10.8. The van der Waals surface area contributed by atoms with E-state index in [9.17, 15) is 14.0 Å². The van der Waals surface area contributed by atoms with Crippen molar-refractivity contribution in [3.8, 4) is 11.1 Å². The summed E-state index contributed by atoms with van der Waals surface area (Å²) >= 11 is 5.66. The van der Waals surface area contributed by atoms with E-state index in [1.807, 2.05) is 0 Å². The van der Waals surface area contributed by atoms with Gasteiger partial charge in [0.25, 0.3) is 0 Å². The third-order valence-electron chi connectivity index (χ3n) is 2.77. The van der Waals surface area contributed by atoms with Crippen LogP contribution in [-0.2, 0) is 4.74 Å². The highest BCUT2D eigenvalue weighted by molar-refractivity contribution is 6.32. The number of hydrogen-bond donors (Lipinski definition) is 1. The molecule has 0 aliphatic heterocycles. The molecule has 0 bridgehead atoms. The molecule has 21 heavy (non-hydrogen) atoms. The molecule has 1 aromatic carbocycles. The highest BCUT2D eigenvalue weighted by atomic mass is 35.5. The second-order valence-corrected chi connectivity index (χ2v) is 4.41. The van der Waals surface area contributed by atoms with E-state index in [2.05, 4.69) is 9.72 Å². The SMILES string of the molecule is COC(=O)c1ccc(-c2cnc(Cl)c(C(=O)O)c2)c(F)c1. The van der Waals surface area contributed by atoms with Gasteiger partial charge in [0.15, 0.2) is 0 Å². The van der Waals surface area contributed by atoms with Gasteiger partial charge in [0.1, 0.15) is 11.0 Å². The lowest BCUT2D eigenvalue weighted by molar-refractivity contribution is 0.0599. The molecule has 7 heteroatoms. The van der Waals surface area contributed by atoms with Gasteiger partial charge >= 0.3 is 11.9 Å². The summed E-state index contributed by atoms with van der Waals surface area (Å²) in [4.78, 5) is 26.0. The fourth-order valence-corrected chi connectivity index (χ4v) is 1.92. The Kier molecular flexibility index (Phi) is 4.18. The van der Waals surface area contributed by atoms with E-state index in [4.69, 9.17) is 16.7 Å². The molecule has 5 nitrogen and oxygen atoms in total. The van der Waals surface area contributed by atoms with Crippen molar-refractivity contribution in [3.63, 3.8) is 0 Å². The van der Waals surface area contributed by atoms with Gasteiger partial charge in [-0.2, -0.15) is 0 Å². The van der Waals surface area contributed by atoms with Crippen molar-refractivity contribution in [2.45, 2.75) is 0 Å². The van der Waals surface area contributed by atoms with Crippen molar-refractivity contribution in [1.82, 2.24) is 4.98 Å². The van der Waals surface area contributed by atoms with Crippen LogP contribution in [0.3, 0.4) is 0 Å². The molecule has 0 spiro atoms.